The van der Waals surface area contributed by atoms with E-state index in [-0.39, 0.29) is 22.1 Å². The molecule has 0 aliphatic rings. The molecule has 1 heterocycles. The number of halogens is 2. The molecule has 16 heavy (non-hydrogen) atoms. The highest BCUT2D eigenvalue weighted by molar-refractivity contribution is 9.10. The van der Waals surface area contributed by atoms with Gasteiger partial charge in [-0.3, -0.25) is 0 Å². The van der Waals surface area contributed by atoms with E-state index in [4.69, 9.17) is 9.52 Å². The van der Waals surface area contributed by atoms with Crippen LogP contribution in [0.1, 0.15) is 10.5 Å². The number of carbonyl (C=O) groups is 1. The molecule has 0 bridgehead atoms. The molecule has 2 rings (SSSR count). The van der Waals surface area contributed by atoms with E-state index < -0.39 is 5.97 Å². The Morgan fingerprint density at radius 2 is 2.00 bits per heavy atom. The second-order valence-electron chi connectivity index (χ2n) is 2.95. The van der Waals surface area contributed by atoms with Crippen molar-refractivity contribution in [1.29, 1.82) is 0 Å². The van der Waals surface area contributed by atoms with Crippen LogP contribution in [0.2, 0.25) is 0 Å². The van der Waals surface area contributed by atoms with Crippen molar-refractivity contribution in [3.05, 3.63) is 40.4 Å². The van der Waals surface area contributed by atoms with Gasteiger partial charge in [0.1, 0.15) is 5.82 Å². The Morgan fingerprint density at radius 1 is 1.38 bits per heavy atom. The number of aromatic carboxylic acids is 1. The van der Waals surface area contributed by atoms with E-state index in [2.05, 4.69) is 20.9 Å². The topological polar surface area (TPSA) is 63.3 Å². The van der Waals surface area contributed by atoms with Crippen molar-refractivity contribution in [2.45, 2.75) is 0 Å². The van der Waals surface area contributed by atoms with E-state index in [1.54, 1.807) is 0 Å². The van der Waals surface area contributed by atoms with Crippen molar-refractivity contribution in [2.24, 2.45) is 0 Å². The van der Waals surface area contributed by atoms with Crippen LogP contribution in [0.15, 0.2) is 33.4 Å². The Morgan fingerprint density at radius 3 is 2.50 bits per heavy atom. The summed E-state index contributed by atoms with van der Waals surface area (Å²) in [5.41, 5.74) is 0.300. The first-order valence-corrected chi connectivity index (χ1v) is 5.03. The zero-order valence-electron chi connectivity index (χ0n) is 7.78. The summed E-state index contributed by atoms with van der Waals surface area (Å²) in [5.74, 6) is -1.44. The second kappa shape index (κ2) is 4.05. The Labute approximate surface area is 97.9 Å². The van der Waals surface area contributed by atoms with Gasteiger partial charge in [-0.2, -0.15) is 0 Å². The lowest BCUT2D eigenvalue weighted by Crippen LogP contribution is -1.96. The van der Waals surface area contributed by atoms with Crippen molar-refractivity contribution in [1.82, 2.24) is 4.98 Å². The van der Waals surface area contributed by atoms with Crippen LogP contribution in [0, 0.1) is 5.82 Å². The second-order valence-corrected chi connectivity index (χ2v) is 3.67. The summed E-state index contributed by atoms with van der Waals surface area (Å²) in [7, 11) is 0. The summed E-state index contributed by atoms with van der Waals surface area (Å²) >= 11 is 2.95. The van der Waals surface area contributed by atoms with E-state index in [1.807, 2.05) is 0 Å². The lowest BCUT2D eigenvalue weighted by molar-refractivity contribution is 0.0689. The zero-order valence-corrected chi connectivity index (χ0v) is 9.36. The number of oxazole rings is 1. The molecule has 4 nitrogen and oxygen atoms in total. The van der Waals surface area contributed by atoms with Crippen molar-refractivity contribution in [3.63, 3.8) is 0 Å². The van der Waals surface area contributed by atoms with E-state index in [0.29, 0.717) is 5.56 Å². The molecule has 6 heteroatoms. The van der Waals surface area contributed by atoms with Crippen LogP contribution in [0.25, 0.3) is 11.5 Å². The molecule has 0 amide bonds. The molecule has 0 unspecified atom stereocenters. The fourth-order valence-electron chi connectivity index (χ4n) is 1.15. The number of benzene rings is 1. The van der Waals surface area contributed by atoms with E-state index in [0.717, 1.165) is 0 Å². The van der Waals surface area contributed by atoms with E-state index in [9.17, 15) is 9.18 Å². The first-order valence-electron chi connectivity index (χ1n) is 4.23. The molecule has 0 atom stereocenters. The molecule has 0 spiro atoms. The number of carboxylic acids is 1. The molecule has 1 aromatic carbocycles. The van der Waals surface area contributed by atoms with Crippen molar-refractivity contribution >= 4 is 21.9 Å². The molecule has 0 aliphatic carbocycles. The highest BCUT2D eigenvalue weighted by atomic mass is 79.9. The van der Waals surface area contributed by atoms with Crippen molar-refractivity contribution in [2.75, 3.05) is 0 Å². The Hall–Kier alpha value is -1.69. The number of hydrogen-bond donors (Lipinski definition) is 1. The van der Waals surface area contributed by atoms with Crippen molar-refractivity contribution in [3.8, 4) is 11.5 Å². The maximum atomic E-state index is 12.7. The number of rotatable bonds is 2. The van der Waals surface area contributed by atoms with Gasteiger partial charge in [-0.25, -0.2) is 14.2 Å². The first-order chi connectivity index (χ1) is 7.58. The Bertz CT molecular complexity index is 535. The van der Waals surface area contributed by atoms with Gasteiger partial charge >= 0.3 is 5.97 Å². The van der Waals surface area contributed by atoms with Gasteiger partial charge < -0.3 is 9.52 Å². The largest absolute Gasteiger partial charge is 0.476 e. The van der Waals surface area contributed by atoms with Crippen LogP contribution in [-0.2, 0) is 0 Å². The third kappa shape index (κ3) is 1.96. The number of hydrogen-bond acceptors (Lipinski definition) is 3. The maximum Gasteiger partial charge on any atom is 0.359 e. The quantitative estimate of drug-likeness (QED) is 0.921. The van der Waals surface area contributed by atoms with Gasteiger partial charge in [0, 0.05) is 5.56 Å². The lowest BCUT2D eigenvalue weighted by Gasteiger charge is -1.93. The minimum absolute atomic E-state index is 0.0410. The third-order valence-corrected chi connectivity index (χ3v) is 2.42. The fourth-order valence-corrected chi connectivity index (χ4v) is 1.56. The highest BCUT2D eigenvalue weighted by Gasteiger charge is 2.18. The minimum atomic E-state index is -1.19. The zero-order chi connectivity index (χ0) is 11.7. The van der Waals surface area contributed by atoms with E-state index in [1.165, 1.54) is 24.3 Å². The molecule has 0 saturated carbocycles. The van der Waals surface area contributed by atoms with Crippen LogP contribution in [0.3, 0.4) is 0 Å². The molecule has 2 aromatic rings. The van der Waals surface area contributed by atoms with Gasteiger partial charge in [0.25, 0.3) is 0 Å². The molecular formula is C10H5BrFNO3. The number of aromatic nitrogens is 1. The Balaban J connectivity index is 2.45. The summed E-state index contributed by atoms with van der Waals surface area (Å²) in [6.45, 7) is 0. The van der Waals surface area contributed by atoms with E-state index >= 15 is 0 Å². The molecule has 0 fully saturated rings. The average molecular weight is 286 g/mol. The highest BCUT2D eigenvalue weighted by Crippen LogP contribution is 2.25. The van der Waals surface area contributed by atoms with Crippen LogP contribution >= 0.6 is 15.9 Å². The van der Waals surface area contributed by atoms with Gasteiger partial charge in [0.15, 0.2) is 0 Å². The average Bonchev–Trinajstić information content (AvgIpc) is 2.61. The molecule has 1 N–H and O–H groups in total. The molecular weight excluding hydrogens is 281 g/mol. The standard InChI is InChI=1S/C10H5BrFNO3/c11-8-7(10(14)15)13-9(16-8)5-1-3-6(12)4-2-5/h1-4H,(H,14,15). The minimum Gasteiger partial charge on any atom is -0.476 e. The van der Waals surface area contributed by atoms with Gasteiger partial charge in [-0.05, 0) is 40.2 Å². The summed E-state index contributed by atoms with van der Waals surface area (Å²) < 4.78 is 17.8. The molecule has 0 saturated heterocycles. The SMILES string of the molecule is O=C(O)c1nc(-c2ccc(F)cc2)oc1Br. The van der Waals surface area contributed by atoms with Crippen LogP contribution < -0.4 is 0 Å². The summed E-state index contributed by atoms with van der Waals surface area (Å²) in [6.07, 6.45) is 0. The number of carboxylic acid groups (broad SMARTS) is 1. The molecule has 0 aliphatic heterocycles. The predicted octanol–water partition coefficient (Wildman–Crippen LogP) is 2.94. The number of nitrogens with zero attached hydrogens (tertiary/aromatic N) is 1. The van der Waals surface area contributed by atoms with Gasteiger partial charge in [0.2, 0.25) is 16.3 Å². The fraction of sp³-hybridized carbons (Fsp3) is 0. The predicted molar refractivity (Wildman–Crippen MR) is 56.6 cm³/mol. The van der Waals surface area contributed by atoms with Crippen molar-refractivity contribution < 1.29 is 18.7 Å². The first kappa shape index (κ1) is 10.8. The van der Waals surface area contributed by atoms with Gasteiger partial charge in [0.05, 0.1) is 0 Å². The van der Waals surface area contributed by atoms with Crippen LogP contribution in [-0.4, -0.2) is 16.1 Å². The molecule has 0 radical (unpaired) electrons. The normalized spacial score (nSPS) is 10.4. The van der Waals surface area contributed by atoms with Crippen LogP contribution in [0.5, 0.6) is 0 Å². The van der Waals surface area contributed by atoms with Crippen LogP contribution in [0.4, 0.5) is 4.39 Å². The van der Waals surface area contributed by atoms with Gasteiger partial charge in [-0.15, -0.1) is 0 Å². The smallest absolute Gasteiger partial charge is 0.359 e. The lowest BCUT2D eigenvalue weighted by atomic mass is 10.2. The summed E-state index contributed by atoms with van der Waals surface area (Å²) in [4.78, 5) is 14.5. The Kier molecular flexibility index (Phi) is 2.74. The monoisotopic (exact) mass is 285 g/mol. The summed E-state index contributed by atoms with van der Waals surface area (Å²) in [6, 6.07) is 5.40. The third-order valence-electron chi connectivity index (χ3n) is 1.88. The maximum absolute atomic E-state index is 12.7. The molecule has 1 aromatic heterocycles. The summed E-state index contributed by atoms with van der Waals surface area (Å²) in [5, 5.41) is 8.76. The molecule has 82 valence electrons. The van der Waals surface area contributed by atoms with Gasteiger partial charge in [-0.1, -0.05) is 0 Å².